The number of likely N-dealkylation sites (tertiary alicyclic amines) is 1. The molecule has 1 aliphatic heterocycles. The van der Waals surface area contributed by atoms with Crippen LogP contribution in [-0.4, -0.2) is 39.5 Å². The fourth-order valence-electron chi connectivity index (χ4n) is 2.26. The van der Waals surface area contributed by atoms with E-state index < -0.39 is 10.0 Å². The first-order valence-corrected chi connectivity index (χ1v) is 8.29. The number of rotatable bonds is 3. The predicted octanol–water partition coefficient (Wildman–Crippen LogP) is 0.949. The van der Waals surface area contributed by atoms with Gasteiger partial charge < -0.3 is 10.6 Å². The van der Waals surface area contributed by atoms with E-state index in [1.54, 1.807) is 5.38 Å². The number of nitrogen functional groups attached to an aromatic ring is 1. The summed E-state index contributed by atoms with van der Waals surface area (Å²) < 4.78 is 27.4. The molecule has 7 heteroatoms. The summed E-state index contributed by atoms with van der Waals surface area (Å²) >= 11 is 1.16. The highest BCUT2D eigenvalue weighted by Crippen LogP contribution is 2.24. The van der Waals surface area contributed by atoms with Gasteiger partial charge in [0.25, 0.3) is 0 Å². The molecule has 0 aliphatic carbocycles. The Bertz CT molecular complexity index is 512. The average Bonchev–Trinajstić information content (AvgIpc) is 2.70. The van der Waals surface area contributed by atoms with E-state index in [4.69, 9.17) is 5.73 Å². The highest BCUT2D eigenvalue weighted by atomic mass is 32.2. The molecule has 1 aromatic rings. The third-order valence-electron chi connectivity index (χ3n) is 3.28. The van der Waals surface area contributed by atoms with Crippen molar-refractivity contribution in [2.75, 3.05) is 25.9 Å². The maximum absolute atomic E-state index is 12.2. The highest BCUT2D eigenvalue weighted by molar-refractivity contribution is 7.91. The van der Waals surface area contributed by atoms with Crippen LogP contribution in [0.2, 0.25) is 0 Å². The Hall–Kier alpha value is -0.630. The molecule has 2 rings (SSSR count). The van der Waals surface area contributed by atoms with Gasteiger partial charge in [0.15, 0.2) is 0 Å². The Morgan fingerprint density at radius 3 is 2.83 bits per heavy atom. The van der Waals surface area contributed by atoms with E-state index in [1.807, 2.05) is 0 Å². The Labute approximate surface area is 112 Å². The maximum atomic E-state index is 12.2. The lowest BCUT2D eigenvalue weighted by atomic mass is 9.95. The molecule has 102 valence electrons. The summed E-state index contributed by atoms with van der Waals surface area (Å²) in [6.07, 6.45) is 0.845. The van der Waals surface area contributed by atoms with Crippen LogP contribution in [0.3, 0.4) is 0 Å². The van der Waals surface area contributed by atoms with Crippen molar-refractivity contribution in [3.05, 3.63) is 11.4 Å². The van der Waals surface area contributed by atoms with Gasteiger partial charge in [0.2, 0.25) is 10.0 Å². The molecule has 3 N–H and O–H groups in total. The Morgan fingerprint density at radius 2 is 2.28 bits per heavy atom. The maximum Gasteiger partial charge on any atom is 0.250 e. The van der Waals surface area contributed by atoms with Crippen LogP contribution in [0.1, 0.15) is 13.3 Å². The van der Waals surface area contributed by atoms with Crippen LogP contribution in [0.4, 0.5) is 5.69 Å². The number of hydrogen-bond donors (Lipinski definition) is 2. The van der Waals surface area contributed by atoms with Gasteiger partial charge in [-0.15, -0.1) is 11.3 Å². The van der Waals surface area contributed by atoms with Gasteiger partial charge in [-0.2, -0.15) is 0 Å². The molecule has 2 atom stereocenters. The Kier molecular flexibility index (Phi) is 3.96. The zero-order valence-corrected chi connectivity index (χ0v) is 12.2. The second kappa shape index (κ2) is 5.16. The lowest BCUT2D eigenvalue weighted by Gasteiger charge is -2.34. The molecule has 5 nitrogen and oxygen atoms in total. The van der Waals surface area contributed by atoms with Crippen LogP contribution in [0.25, 0.3) is 0 Å². The van der Waals surface area contributed by atoms with Crippen LogP contribution < -0.4 is 10.5 Å². The van der Waals surface area contributed by atoms with E-state index in [1.165, 1.54) is 6.07 Å². The summed E-state index contributed by atoms with van der Waals surface area (Å²) in [6.45, 7) is 3.91. The SMILES string of the molecule is CC1CN(C)CCC1NS(=O)(=O)c1cc(N)cs1. The molecular formula is C11H19N3O2S2. The van der Waals surface area contributed by atoms with Crippen molar-refractivity contribution in [2.24, 2.45) is 5.92 Å². The molecule has 1 aliphatic rings. The van der Waals surface area contributed by atoms with Gasteiger partial charge in [-0.3, -0.25) is 0 Å². The van der Waals surface area contributed by atoms with Gasteiger partial charge in [-0.1, -0.05) is 6.92 Å². The molecule has 0 amide bonds. The lowest BCUT2D eigenvalue weighted by molar-refractivity contribution is 0.188. The molecule has 18 heavy (non-hydrogen) atoms. The van der Waals surface area contributed by atoms with Gasteiger partial charge in [0, 0.05) is 23.7 Å². The van der Waals surface area contributed by atoms with Gasteiger partial charge in [-0.25, -0.2) is 13.1 Å². The summed E-state index contributed by atoms with van der Waals surface area (Å²) in [6, 6.07) is 1.52. The summed E-state index contributed by atoms with van der Waals surface area (Å²) in [5.74, 6) is 0.316. The van der Waals surface area contributed by atoms with E-state index in [0.717, 1.165) is 30.8 Å². The number of thiophene rings is 1. The minimum atomic E-state index is -3.42. The van der Waals surface area contributed by atoms with Gasteiger partial charge >= 0.3 is 0 Å². The van der Waals surface area contributed by atoms with E-state index >= 15 is 0 Å². The highest BCUT2D eigenvalue weighted by Gasteiger charge is 2.29. The lowest BCUT2D eigenvalue weighted by Crippen LogP contribution is -2.48. The molecule has 2 heterocycles. The van der Waals surface area contributed by atoms with Crippen LogP contribution in [0.15, 0.2) is 15.7 Å². The quantitative estimate of drug-likeness (QED) is 0.868. The van der Waals surface area contributed by atoms with Crippen LogP contribution in [0, 0.1) is 5.92 Å². The van der Waals surface area contributed by atoms with Crippen LogP contribution in [0.5, 0.6) is 0 Å². The number of anilines is 1. The molecular weight excluding hydrogens is 270 g/mol. The van der Waals surface area contributed by atoms with E-state index in [0.29, 0.717) is 15.8 Å². The fourth-order valence-corrected chi connectivity index (χ4v) is 4.73. The minimum Gasteiger partial charge on any atom is -0.398 e. The molecule has 0 aromatic carbocycles. The van der Waals surface area contributed by atoms with Gasteiger partial charge in [0.1, 0.15) is 4.21 Å². The summed E-state index contributed by atoms with van der Waals surface area (Å²) in [5, 5.41) is 1.65. The van der Waals surface area contributed by atoms with Gasteiger partial charge in [-0.05, 0) is 32.0 Å². The Balaban J connectivity index is 2.09. The summed E-state index contributed by atoms with van der Waals surface area (Å²) in [4.78, 5) is 2.22. The fraction of sp³-hybridized carbons (Fsp3) is 0.636. The first-order valence-electron chi connectivity index (χ1n) is 5.93. The zero-order valence-electron chi connectivity index (χ0n) is 10.6. The molecule has 0 radical (unpaired) electrons. The molecule has 1 aromatic heterocycles. The smallest absolute Gasteiger partial charge is 0.250 e. The predicted molar refractivity (Wildman–Crippen MR) is 74.1 cm³/mol. The molecule has 0 spiro atoms. The number of nitrogens with zero attached hydrogens (tertiary/aromatic N) is 1. The van der Waals surface area contributed by atoms with Crippen molar-refractivity contribution in [2.45, 2.75) is 23.6 Å². The number of sulfonamides is 1. The van der Waals surface area contributed by atoms with Gasteiger partial charge in [0.05, 0.1) is 0 Å². The van der Waals surface area contributed by atoms with Crippen LogP contribution in [-0.2, 0) is 10.0 Å². The van der Waals surface area contributed by atoms with Crippen molar-refractivity contribution in [1.82, 2.24) is 9.62 Å². The summed E-state index contributed by atoms with van der Waals surface area (Å²) in [7, 11) is -1.36. The minimum absolute atomic E-state index is 0.00882. The van der Waals surface area contributed by atoms with E-state index in [9.17, 15) is 8.42 Å². The van der Waals surface area contributed by atoms with Crippen molar-refractivity contribution in [3.63, 3.8) is 0 Å². The number of nitrogens with two attached hydrogens (primary N) is 1. The molecule has 1 saturated heterocycles. The molecule has 1 fully saturated rings. The topological polar surface area (TPSA) is 75.4 Å². The molecule has 0 saturated carbocycles. The third-order valence-corrected chi connectivity index (χ3v) is 6.22. The zero-order chi connectivity index (χ0) is 13.3. The second-order valence-electron chi connectivity index (χ2n) is 4.96. The standard InChI is InChI=1S/C11H19N3O2S2/c1-8-6-14(2)4-3-10(8)13-18(15,16)11-5-9(12)7-17-11/h5,7-8,10,13H,3-4,6,12H2,1-2H3. The first kappa shape index (κ1) is 13.8. The monoisotopic (exact) mass is 289 g/mol. The van der Waals surface area contributed by atoms with Crippen LogP contribution >= 0.6 is 11.3 Å². The number of hydrogen-bond acceptors (Lipinski definition) is 5. The Morgan fingerprint density at radius 1 is 1.56 bits per heavy atom. The van der Waals surface area contributed by atoms with Crippen molar-refractivity contribution in [1.29, 1.82) is 0 Å². The van der Waals surface area contributed by atoms with E-state index in [-0.39, 0.29) is 6.04 Å². The third kappa shape index (κ3) is 3.03. The first-order chi connectivity index (χ1) is 8.38. The van der Waals surface area contributed by atoms with E-state index in [2.05, 4.69) is 23.6 Å². The van der Waals surface area contributed by atoms with Crippen molar-refractivity contribution < 1.29 is 8.42 Å². The molecule has 0 bridgehead atoms. The summed E-state index contributed by atoms with van der Waals surface area (Å²) in [5.41, 5.74) is 6.06. The van der Waals surface area contributed by atoms with Crippen molar-refractivity contribution >= 4 is 27.0 Å². The molecule has 2 unspecified atom stereocenters. The second-order valence-corrected chi connectivity index (χ2v) is 7.81. The normalized spacial score (nSPS) is 26.3. The number of piperidine rings is 1. The average molecular weight is 289 g/mol. The largest absolute Gasteiger partial charge is 0.398 e. The van der Waals surface area contributed by atoms with Crippen molar-refractivity contribution in [3.8, 4) is 0 Å². The number of nitrogens with one attached hydrogen (secondary N) is 1.